The second-order valence-corrected chi connectivity index (χ2v) is 3.06. The van der Waals surface area contributed by atoms with Gasteiger partial charge < -0.3 is 4.48 Å². The molecule has 0 N–H and O–H groups in total. The lowest BCUT2D eigenvalue weighted by Crippen LogP contribution is -2.31. The molecule has 0 aromatic heterocycles. The third-order valence-electron chi connectivity index (χ3n) is 1.42. The van der Waals surface area contributed by atoms with Gasteiger partial charge in [-0.25, -0.2) is 0 Å². The van der Waals surface area contributed by atoms with Crippen LogP contribution in [0.1, 0.15) is 6.92 Å². The number of rotatable bonds is 2. The Morgan fingerprint density at radius 3 is 1.89 bits per heavy atom. The summed E-state index contributed by atoms with van der Waals surface area (Å²) in [7, 11) is 6.40. The Morgan fingerprint density at radius 2 is 1.78 bits per heavy atom. The van der Waals surface area contributed by atoms with Gasteiger partial charge in [0, 0.05) is 6.92 Å². The van der Waals surface area contributed by atoms with Crippen molar-refractivity contribution in [1.82, 2.24) is 0 Å². The lowest BCUT2D eigenvalue weighted by atomic mass is 10.3. The largest absolute Gasteiger partial charge is 0.302 e. The van der Waals surface area contributed by atoms with E-state index in [0.29, 0.717) is 0 Å². The van der Waals surface area contributed by atoms with Crippen molar-refractivity contribution in [1.29, 1.82) is 0 Å². The van der Waals surface area contributed by atoms with Crippen LogP contribution in [0.4, 0.5) is 0 Å². The zero-order chi connectivity index (χ0) is 7.49. The first-order valence-corrected chi connectivity index (χ1v) is 3.10. The molecule has 0 rings (SSSR count). The molecule has 0 spiro atoms. The zero-order valence-electron chi connectivity index (χ0n) is 6.81. The molecule has 0 atom stereocenters. The highest BCUT2D eigenvalue weighted by Crippen LogP contribution is 2.04. The van der Waals surface area contributed by atoms with Gasteiger partial charge in [-0.05, 0) is 6.08 Å². The van der Waals surface area contributed by atoms with E-state index in [0.717, 1.165) is 4.48 Å². The van der Waals surface area contributed by atoms with Crippen molar-refractivity contribution in [2.24, 2.45) is 0 Å². The normalized spacial score (nSPS) is 13.6. The van der Waals surface area contributed by atoms with Crippen LogP contribution in [0.3, 0.4) is 0 Å². The van der Waals surface area contributed by atoms with E-state index >= 15 is 0 Å². The van der Waals surface area contributed by atoms with E-state index in [1.165, 1.54) is 5.70 Å². The Kier molecular flexibility index (Phi) is 2.65. The molecule has 0 unspecified atom stereocenters. The molecule has 1 heteroatoms. The molecule has 0 saturated heterocycles. The first-order chi connectivity index (χ1) is 3.98. The number of quaternary nitrogens is 1. The molecular formula is C8H16N+. The summed E-state index contributed by atoms with van der Waals surface area (Å²) in [6.45, 7) is 5.73. The maximum absolute atomic E-state index is 3.63. The predicted molar refractivity (Wildman–Crippen MR) is 42.0 cm³/mol. The van der Waals surface area contributed by atoms with Crippen LogP contribution in [-0.2, 0) is 0 Å². The van der Waals surface area contributed by atoms with Gasteiger partial charge >= 0.3 is 0 Å². The summed E-state index contributed by atoms with van der Waals surface area (Å²) < 4.78 is 0.881. The van der Waals surface area contributed by atoms with Crippen molar-refractivity contribution in [3.63, 3.8) is 0 Å². The van der Waals surface area contributed by atoms with Crippen molar-refractivity contribution < 1.29 is 4.48 Å². The van der Waals surface area contributed by atoms with Crippen molar-refractivity contribution in [2.75, 3.05) is 21.1 Å². The zero-order valence-corrected chi connectivity index (χ0v) is 6.81. The van der Waals surface area contributed by atoms with E-state index < -0.39 is 0 Å². The summed E-state index contributed by atoms with van der Waals surface area (Å²) in [4.78, 5) is 0. The minimum Gasteiger partial charge on any atom is -0.302 e. The quantitative estimate of drug-likeness (QED) is 0.391. The van der Waals surface area contributed by atoms with Gasteiger partial charge in [0.15, 0.2) is 0 Å². The van der Waals surface area contributed by atoms with Crippen LogP contribution < -0.4 is 0 Å². The van der Waals surface area contributed by atoms with Crippen molar-refractivity contribution in [2.45, 2.75) is 6.92 Å². The third kappa shape index (κ3) is 3.09. The maximum Gasteiger partial charge on any atom is 0.105 e. The Balaban J connectivity index is 4.19. The van der Waals surface area contributed by atoms with Crippen molar-refractivity contribution >= 4 is 0 Å². The molecule has 0 saturated carbocycles. The fourth-order valence-corrected chi connectivity index (χ4v) is 0.394. The van der Waals surface area contributed by atoms with Crippen LogP contribution in [0.2, 0.25) is 0 Å². The molecule has 52 valence electrons. The molecule has 0 radical (unpaired) electrons. The molecular weight excluding hydrogens is 110 g/mol. The molecule has 0 bridgehead atoms. The summed E-state index contributed by atoms with van der Waals surface area (Å²) in [5.41, 5.74) is 1.31. The van der Waals surface area contributed by atoms with Crippen LogP contribution >= 0.6 is 0 Å². The highest BCUT2D eigenvalue weighted by Gasteiger charge is 2.07. The Labute approximate surface area is 57.9 Å². The first-order valence-electron chi connectivity index (χ1n) is 3.10. The van der Waals surface area contributed by atoms with E-state index in [1.54, 1.807) is 0 Å². The fraction of sp³-hybridized carbons (Fsp3) is 0.500. The van der Waals surface area contributed by atoms with Gasteiger partial charge in [-0.1, -0.05) is 12.7 Å². The molecule has 1 nitrogen and oxygen atoms in total. The van der Waals surface area contributed by atoms with Crippen LogP contribution in [0.15, 0.2) is 24.4 Å². The van der Waals surface area contributed by atoms with Crippen LogP contribution in [0.25, 0.3) is 0 Å². The van der Waals surface area contributed by atoms with Gasteiger partial charge in [0.25, 0.3) is 0 Å². The van der Waals surface area contributed by atoms with E-state index in [4.69, 9.17) is 0 Å². The second-order valence-electron chi connectivity index (χ2n) is 3.06. The molecule has 0 aliphatic rings. The summed E-state index contributed by atoms with van der Waals surface area (Å²) >= 11 is 0. The molecule has 0 aromatic rings. The van der Waals surface area contributed by atoms with Gasteiger partial charge in [0.1, 0.15) is 5.70 Å². The maximum atomic E-state index is 3.63. The van der Waals surface area contributed by atoms with E-state index in [9.17, 15) is 0 Å². The van der Waals surface area contributed by atoms with Gasteiger partial charge in [-0.2, -0.15) is 0 Å². The third-order valence-corrected chi connectivity index (χ3v) is 1.42. The van der Waals surface area contributed by atoms with Crippen molar-refractivity contribution in [3.8, 4) is 0 Å². The minimum atomic E-state index is 0.881. The highest BCUT2D eigenvalue weighted by molar-refractivity contribution is 5.01. The van der Waals surface area contributed by atoms with E-state index in [1.807, 2.05) is 12.2 Å². The van der Waals surface area contributed by atoms with Gasteiger partial charge in [0.2, 0.25) is 0 Å². The Bertz CT molecular complexity index is 126. The first kappa shape index (κ1) is 8.44. The summed E-state index contributed by atoms with van der Waals surface area (Å²) in [5.74, 6) is 0. The number of hydrogen-bond acceptors (Lipinski definition) is 0. The number of allylic oxidation sites excluding steroid dienone is 3. The lowest BCUT2D eigenvalue weighted by molar-refractivity contribution is -0.831. The number of hydrogen-bond donors (Lipinski definition) is 0. The smallest absolute Gasteiger partial charge is 0.105 e. The number of nitrogens with zero attached hydrogens (tertiary/aromatic N) is 1. The topological polar surface area (TPSA) is 0 Å². The lowest BCUT2D eigenvalue weighted by Gasteiger charge is -2.23. The monoisotopic (exact) mass is 126 g/mol. The molecule has 0 aromatic carbocycles. The molecule has 0 fully saturated rings. The fourth-order valence-electron chi connectivity index (χ4n) is 0.394. The molecule has 0 aliphatic carbocycles. The van der Waals surface area contributed by atoms with Gasteiger partial charge in [-0.15, -0.1) is 0 Å². The SMILES string of the molecule is C=CC=C(C)[N+](C)(C)C. The van der Waals surface area contributed by atoms with E-state index in [2.05, 4.69) is 34.6 Å². The van der Waals surface area contributed by atoms with Crippen LogP contribution in [0.5, 0.6) is 0 Å². The molecule has 9 heavy (non-hydrogen) atoms. The van der Waals surface area contributed by atoms with Crippen LogP contribution in [0, 0.1) is 0 Å². The van der Waals surface area contributed by atoms with E-state index in [-0.39, 0.29) is 0 Å². The van der Waals surface area contributed by atoms with Crippen LogP contribution in [-0.4, -0.2) is 25.6 Å². The summed E-state index contributed by atoms with van der Waals surface area (Å²) in [6.07, 6.45) is 3.85. The molecule has 0 heterocycles. The van der Waals surface area contributed by atoms with Crippen molar-refractivity contribution in [3.05, 3.63) is 24.4 Å². The standard InChI is InChI=1S/C8H16N/c1-6-7-8(2)9(3,4)5/h6-7H,1H2,2-5H3/q+1. The van der Waals surface area contributed by atoms with Gasteiger partial charge in [0.05, 0.1) is 21.1 Å². The Hall–Kier alpha value is -0.560. The highest BCUT2D eigenvalue weighted by atomic mass is 15.3. The minimum absolute atomic E-state index is 0.881. The average molecular weight is 126 g/mol. The predicted octanol–water partition coefficient (Wildman–Crippen LogP) is 1.78. The average Bonchev–Trinajstić information content (AvgIpc) is 1.64. The molecule has 0 amide bonds. The Morgan fingerprint density at radius 1 is 1.33 bits per heavy atom. The summed E-state index contributed by atoms with van der Waals surface area (Å²) in [5, 5.41) is 0. The second kappa shape index (κ2) is 2.83. The van der Waals surface area contributed by atoms with Gasteiger partial charge in [-0.3, -0.25) is 0 Å². The summed E-state index contributed by atoms with van der Waals surface area (Å²) in [6, 6.07) is 0. The molecule has 0 aliphatic heterocycles.